The van der Waals surface area contributed by atoms with Crippen LogP contribution in [0.3, 0.4) is 0 Å². The molecule has 33 heavy (non-hydrogen) atoms. The SMILES string of the molecule is C=C[C@@H](C)CC(=O)[C@H]1[C@@H](C)CC[C@H]2C(C)(C)CCC(OC(=O)CCN3CCCCC3)[C@]12C.Cl. The number of ether oxygens (including phenoxy) is 1. The van der Waals surface area contributed by atoms with Crippen molar-refractivity contribution in [1.29, 1.82) is 0 Å². The summed E-state index contributed by atoms with van der Waals surface area (Å²) >= 11 is 0. The van der Waals surface area contributed by atoms with Crippen LogP contribution in [0, 0.1) is 34.5 Å². The van der Waals surface area contributed by atoms with E-state index in [0.717, 1.165) is 45.3 Å². The largest absolute Gasteiger partial charge is 0.462 e. The molecule has 1 heterocycles. The predicted molar refractivity (Wildman–Crippen MR) is 138 cm³/mol. The number of halogens is 1. The van der Waals surface area contributed by atoms with Crippen molar-refractivity contribution in [2.75, 3.05) is 19.6 Å². The molecule has 0 aromatic rings. The van der Waals surface area contributed by atoms with Crippen LogP contribution in [0.1, 0.15) is 92.4 Å². The number of rotatable bonds is 8. The van der Waals surface area contributed by atoms with Crippen molar-refractivity contribution in [3.63, 3.8) is 0 Å². The minimum Gasteiger partial charge on any atom is -0.462 e. The van der Waals surface area contributed by atoms with Crippen molar-refractivity contribution in [1.82, 2.24) is 4.90 Å². The number of hydrogen-bond donors (Lipinski definition) is 0. The monoisotopic (exact) mass is 481 g/mol. The Hall–Kier alpha value is -0.870. The number of fused-ring (bicyclic) bond motifs is 1. The molecule has 4 nitrogen and oxygen atoms in total. The first kappa shape index (κ1) is 28.4. The fourth-order valence-corrected chi connectivity index (χ4v) is 7.41. The Morgan fingerprint density at radius 3 is 2.42 bits per heavy atom. The summed E-state index contributed by atoms with van der Waals surface area (Å²) in [5.41, 5.74) is -0.133. The van der Waals surface area contributed by atoms with Crippen LogP contribution < -0.4 is 0 Å². The first-order valence-electron chi connectivity index (χ1n) is 13.2. The summed E-state index contributed by atoms with van der Waals surface area (Å²) in [6.45, 7) is 18.2. The number of ketones is 1. The highest BCUT2D eigenvalue weighted by molar-refractivity contribution is 5.85. The third-order valence-electron chi connectivity index (χ3n) is 9.22. The van der Waals surface area contributed by atoms with Gasteiger partial charge in [0.1, 0.15) is 11.9 Å². The third-order valence-corrected chi connectivity index (χ3v) is 9.22. The Balaban J connectivity index is 0.00000385. The maximum Gasteiger partial charge on any atom is 0.307 e. The average molecular weight is 482 g/mol. The quantitative estimate of drug-likeness (QED) is 0.294. The van der Waals surface area contributed by atoms with Gasteiger partial charge in [-0.25, -0.2) is 0 Å². The number of hydrogen-bond acceptors (Lipinski definition) is 4. The van der Waals surface area contributed by atoms with Crippen LogP contribution in [-0.2, 0) is 14.3 Å². The first-order valence-corrected chi connectivity index (χ1v) is 13.2. The van der Waals surface area contributed by atoms with Gasteiger partial charge in [-0.15, -0.1) is 19.0 Å². The second-order valence-corrected chi connectivity index (χ2v) is 12.0. The number of carbonyl (C=O) groups is 2. The van der Waals surface area contributed by atoms with Gasteiger partial charge in [0.05, 0.1) is 6.42 Å². The molecule has 190 valence electrons. The number of carbonyl (C=O) groups excluding carboxylic acids is 2. The number of nitrogens with zero attached hydrogens (tertiary/aromatic N) is 1. The van der Waals surface area contributed by atoms with E-state index in [0.29, 0.717) is 30.5 Å². The van der Waals surface area contributed by atoms with Crippen LogP contribution in [0.15, 0.2) is 12.7 Å². The van der Waals surface area contributed by atoms with Crippen molar-refractivity contribution in [2.45, 2.75) is 98.5 Å². The lowest BCUT2D eigenvalue weighted by Crippen LogP contribution is -2.60. The van der Waals surface area contributed by atoms with Gasteiger partial charge < -0.3 is 9.64 Å². The summed E-state index contributed by atoms with van der Waals surface area (Å²) in [7, 11) is 0. The highest BCUT2D eigenvalue weighted by Gasteiger charge is 2.61. The van der Waals surface area contributed by atoms with Crippen molar-refractivity contribution in [3.8, 4) is 0 Å². The molecule has 1 saturated heterocycles. The van der Waals surface area contributed by atoms with Crippen LogP contribution in [0.2, 0.25) is 0 Å². The van der Waals surface area contributed by atoms with Gasteiger partial charge in [-0.3, -0.25) is 9.59 Å². The van der Waals surface area contributed by atoms with E-state index in [-0.39, 0.29) is 47.1 Å². The average Bonchev–Trinajstić information content (AvgIpc) is 2.74. The Morgan fingerprint density at radius 2 is 1.79 bits per heavy atom. The summed E-state index contributed by atoms with van der Waals surface area (Å²) in [6, 6.07) is 0. The normalized spacial score (nSPS) is 34.9. The molecule has 2 saturated carbocycles. The molecule has 6 atom stereocenters. The smallest absolute Gasteiger partial charge is 0.307 e. The van der Waals surface area contributed by atoms with E-state index in [4.69, 9.17) is 4.74 Å². The maximum absolute atomic E-state index is 13.6. The Labute approximate surface area is 208 Å². The molecule has 3 aliphatic rings. The molecule has 0 aromatic heterocycles. The molecular formula is C28H48ClNO3. The number of allylic oxidation sites excluding steroid dienone is 1. The fourth-order valence-electron chi connectivity index (χ4n) is 7.41. The van der Waals surface area contributed by atoms with E-state index in [1.807, 2.05) is 6.08 Å². The van der Waals surface area contributed by atoms with Gasteiger partial charge in [0.25, 0.3) is 0 Å². The second-order valence-electron chi connectivity index (χ2n) is 12.0. The molecule has 0 radical (unpaired) electrons. The number of piperidine rings is 1. The topological polar surface area (TPSA) is 46.6 Å². The van der Waals surface area contributed by atoms with E-state index >= 15 is 0 Å². The highest BCUT2D eigenvalue weighted by atomic mass is 35.5. The molecule has 0 N–H and O–H groups in total. The van der Waals surface area contributed by atoms with Crippen molar-refractivity contribution in [2.24, 2.45) is 34.5 Å². The zero-order valence-electron chi connectivity index (χ0n) is 21.7. The minimum absolute atomic E-state index is 0. The predicted octanol–water partition coefficient (Wildman–Crippen LogP) is 6.47. The maximum atomic E-state index is 13.6. The molecule has 0 spiro atoms. The lowest BCUT2D eigenvalue weighted by atomic mass is 9.44. The van der Waals surface area contributed by atoms with Crippen LogP contribution in [0.25, 0.3) is 0 Å². The zero-order chi connectivity index (χ0) is 23.5. The van der Waals surface area contributed by atoms with Gasteiger partial charge in [0.15, 0.2) is 0 Å². The van der Waals surface area contributed by atoms with Crippen molar-refractivity contribution >= 4 is 24.2 Å². The van der Waals surface area contributed by atoms with Gasteiger partial charge in [-0.2, -0.15) is 0 Å². The van der Waals surface area contributed by atoms with Gasteiger partial charge in [0, 0.05) is 24.3 Å². The van der Waals surface area contributed by atoms with E-state index in [1.165, 1.54) is 19.3 Å². The Bertz CT molecular complexity index is 687. The third kappa shape index (κ3) is 6.23. The van der Waals surface area contributed by atoms with E-state index in [2.05, 4.69) is 46.1 Å². The summed E-state index contributed by atoms with van der Waals surface area (Å²) in [5, 5.41) is 0. The molecule has 0 amide bonds. The van der Waals surface area contributed by atoms with Gasteiger partial charge in [-0.1, -0.05) is 47.1 Å². The Morgan fingerprint density at radius 1 is 1.12 bits per heavy atom. The number of likely N-dealkylation sites (tertiary alicyclic amines) is 1. The minimum atomic E-state index is -0.293. The summed E-state index contributed by atoms with van der Waals surface area (Å²) in [5.74, 6) is 1.11. The van der Waals surface area contributed by atoms with E-state index < -0.39 is 0 Å². The molecular weight excluding hydrogens is 434 g/mol. The highest BCUT2D eigenvalue weighted by Crippen LogP contribution is 2.62. The molecule has 1 aliphatic heterocycles. The molecule has 3 fully saturated rings. The molecule has 1 unspecified atom stereocenters. The zero-order valence-corrected chi connectivity index (χ0v) is 22.6. The summed E-state index contributed by atoms with van der Waals surface area (Å²) in [4.78, 5) is 29.0. The Kier molecular flexibility index (Phi) is 10.1. The lowest BCUT2D eigenvalue weighted by Gasteiger charge is -2.61. The molecule has 5 heteroatoms. The van der Waals surface area contributed by atoms with Crippen LogP contribution in [0.4, 0.5) is 0 Å². The standard InChI is InChI=1S/C28H47NO3.ClH/c1-7-20(2)19-22(30)26-21(3)11-12-23-27(4,5)15-13-24(28(23,26)6)32-25(31)14-18-29-16-9-8-10-17-29;/h7,20-21,23-24,26H,1,8-19H2,2-6H3;1H/t20-,21+,23+,24?,26-,28-;/m1./s1. The molecule has 0 aromatic carbocycles. The van der Waals surface area contributed by atoms with E-state index in [9.17, 15) is 9.59 Å². The summed E-state index contributed by atoms with van der Waals surface area (Å²) in [6.07, 6.45) is 10.6. The van der Waals surface area contributed by atoms with Crippen LogP contribution >= 0.6 is 12.4 Å². The van der Waals surface area contributed by atoms with Crippen LogP contribution in [0.5, 0.6) is 0 Å². The van der Waals surface area contributed by atoms with Gasteiger partial charge >= 0.3 is 5.97 Å². The second kappa shape index (κ2) is 11.7. The van der Waals surface area contributed by atoms with Gasteiger partial charge in [0.2, 0.25) is 0 Å². The summed E-state index contributed by atoms with van der Waals surface area (Å²) < 4.78 is 6.27. The number of esters is 1. The fraction of sp³-hybridized carbons (Fsp3) is 0.857. The molecule has 3 rings (SSSR count). The van der Waals surface area contributed by atoms with Crippen molar-refractivity contribution in [3.05, 3.63) is 12.7 Å². The van der Waals surface area contributed by atoms with Crippen molar-refractivity contribution < 1.29 is 14.3 Å². The number of Topliss-reactive ketones (excluding diaryl/α,β-unsaturated/α-hetero) is 1. The van der Waals surface area contributed by atoms with E-state index in [1.54, 1.807) is 0 Å². The van der Waals surface area contributed by atoms with Gasteiger partial charge in [-0.05, 0) is 74.8 Å². The lowest BCUT2D eigenvalue weighted by molar-refractivity contribution is -0.197. The first-order chi connectivity index (χ1) is 15.1. The molecule has 2 aliphatic carbocycles. The molecule has 0 bridgehead atoms. The van der Waals surface area contributed by atoms with Crippen LogP contribution in [-0.4, -0.2) is 42.4 Å².